The van der Waals surface area contributed by atoms with Crippen molar-refractivity contribution in [3.8, 4) is 5.75 Å². The van der Waals surface area contributed by atoms with Crippen molar-refractivity contribution < 1.29 is 31.5 Å². The summed E-state index contributed by atoms with van der Waals surface area (Å²) in [7, 11) is 1.31. The summed E-state index contributed by atoms with van der Waals surface area (Å²) in [4.78, 5) is 15.3. The molecule has 0 aliphatic carbocycles. The number of aromatic nitrogens is 1. The van der Waals surface area contributed by atoms with E-state index in [4.69, 9.17) is 0 Å². The molecule has 1 N–H and O–H groups in total. The van der Waals surface area contributed by atoms with Crippen molar-refractivity contribution in [1.29, 1.82) is 0 Å². The minimum absolute atomic E-state index is 0.0249. The summed E-state index contributed by atoms with van der Waals surface area (Å²) in [5, 5.41) is 2.24. The fourth-order valence-electron chi connectivity index (χ4n) is 2.10. The number of rotatable bonds is 3. The van der Waals surface area contributed by atoms with Gasteiger partial charge in [0.2, 0.25) is 0 Å². The number of alkyl halides is 5. The number of hydrogen-bond acceptors (Lipinski definition) is 3. The summed E-state index contributed by atoms with van der Waals surface area (Å²) < 4.78 is 68.3. The van der Waals surface area contributed by atoms with Gasteiger partial charge in [-0.05, 0) is 30.7 Å². The number of nitrogens with one attached hydrogen (secondary N) is 1. The van der Waals surface area contributed by atoms with E-state index >= 15 is 0 Å². The van der Waals surface area contributed by atoms with Gasteiger partial charge in [0.1, 0.15) is 11.4 Å². The van der Waals surface area contributed by atoms with Crippen LogP contribution in [0, 0.1) is 6.92 Å². The maximum absolute atomic E-state index is 13.2. The lowest BCUT2D eigenvalue weighted by molar-refractivity contribution is -0.136. The first-order valence-corrected chi connectivity index (χ1v) is 6.33. The van der Waals surface area contributed by atoms with E-state index in [1.54, 1.807) is 0 Å². The fourth-order valence-corrected chi connectivity index (χ4v) is 2.10. The molecule has 2 aromatic rings. The average molecular weight is 334 g/mol. The summed E-state index contributed by atoms with van der Waals surface area (Å²) in [5.74, 6) is -1.28. The molecule has 0 atom stereocenters. The quantitative estimate of drug-likeness (QED) is 0.874. The van der Waals surface area contributed by atoms with Crippen LogP contribution in [0.25, 0.3) is 10.9 Å². The summed E-state index contributed by atoms with van der Waals surface area (Å²) in [6.45, 7) is -1.81. The molecule has 1 amide bonds. The zero-order chi connectivity index (χ0) is 17.4. The maximum atomic E-state index is 13.2. The van der Waals surface area contributed by atoms with Gasteiger partial charge < -0.3 is 10.1 Å². The Labute approximate surface area is 127 Å². The SMILES string of the molecule is CNC(=O)c1cc(C)c2cc(OC(F)F)cc(C(F)(F)F)c2n1. The van der Waals surface area contributed by atoms with E-state index in [1.165, 1.54) is 20.0 Å². The number of ether oxygens (including phenoxy) is 1. The van der Waals surface area contributed by atoms with Gasteiger partial charge in [0.15, 0.2) is 0 Å². The van der Waals surface area contributed by atoms with Crippen molar-refractivity contribution in [3.63, 3.8) is 0 Å². The molecule has 0 aliphatic heterocycles. The van der Waals surface area contributed by atoms with Crippen LogP contribution in [0.1, 0.15) is 21.6 Å². The summed E-state index contributed by atoms with van der Waals surface area (Å²) in [6, 6.07) is 2.74. The second-order valence-corrected chi connectivity index (χ2v) is 4.65. The Bertz CT molecular complexity index is 759. The molecule has 9 heteroatoms. The number of carbonyl (C=O) groups is 1. The van der Waals surface area contributed by atoms with Gasteiger partial charge in [0, 0.05) is 12.4 Å². The van der Waals surface area contributed by atoms with E-state index in [-0.39, 0.29) is 16.6 Å². The van der Waals surface area contributed by atoms with E-state index < -0.39 is 35.5 Å². The normalized spacial score (nSPS) is 11.8. The molecule has 2 rings (SSSR count). The van der Waals surface area contributed by atoms with E-state index in [0.29, 0.717) is 6.07 Å². The van der Waals surface area contributed by atoms with Crippen LogP contribution in [0.2, 0.25) is 0 Å². The first-order valence-electron chi connectivity index (χ1n) is 6.33. The van der Waals surface area contributed by atoms with Crippen LogP contribution in [-0.4, -0.2) is 24.6 Å². The molecule has 0 saturated carbocycles. The van der Waals surface area contributed by atoms with E-state index in [2.05, 4.69) is 15.0 Å². The van der Waals surface area contributed by atoms with E-state index in [0.717, 1.165) is 6.07 Å². The number of amides is 1. The molecule has 124 valence electrons. The molecule has 1 aromatic carbocycles. The molecule has 1 heterocycles. The molecule has 0 bridgehead atoms. The molecule has 1 aromatic heterocycles. The van der Waals surface area contributed by atoms with Crippen LogP contribution in [0.3, 0.4) is 0 Å². The Morgan fingerprint density at radius 2 is 1.91 bits per heavy atom. The molecule has 4 nitrogen and oxygen atoms in total. The molecular weight excluding hydrogens is 323 g/mol. The Kier molecular flexibility index (Phi) is 4.39. The lowest BCUT2D eigenvalue weighted by Gasteiger charge is -2.15. The van der Waals surface area contributed by atoms with Crippen LogP contribution in [0.4, 0.5) is 22.0 Å². The smallest absolute Gasteiger partial charge is 0.418 e. The van der Waals surface area contributed by atoms with Gasteiger partial charge in [0.25, 0.3) is 5.91 Å². The zero-order valence-corrected chi connectivity index (χ0v) is 12.0. The number of pyridine rings is 1. The van der Waals surface area contributed by atoms with Gasteiger partial charge >= 0.3 is 12.8 Å². The Hall–Kier alpha value is -2.45. The Morgan fingerprint density at radius 3 is 2.43 bits per heavy atom. The van der Waals surface area contributed by atoms with Crippen molar-refractivity contribution in [2.75, 3.05) is 7.05 Å². The van der Waals surface area contributed by atoms with Crippen molar-refractivity contribution in [3.05, 3.63) is 35.0 Å². The average Bonchev–Trinajstić information content (AvgIpc) is 2.44. The highest BCUT2D eigenvalue weighted by Crippen LogP contribution is 2.38. The number of nitrogens with zero attached hydrogens (tertiary/aromatic N) is 1. The fraction of sp³-hybridized carbons (Fsp3) is 0.286. The molecule has 0 radical (unpaired) electrons. The highest BCUT2D eigenvalue weighted by molar-refractivity contribution is 5.96. The Balaban J connectivity index is 2.79. The third-order valence-electron chi connectivity index (χ3n) is 3.08. The monoisotopic (exact) mass is 334 g/mol. The third kappa shape index (κ3) is 3.49. The summed E-state index contributed by atoms with van der Waals surface area (Å²) in [5.41, 5.74) is -1.68. The maximum Gasteiger partial charge on any atom is 0.418 e. The predicted molar refractivity (Wildman–Crippen MR) is 71.5 cm³/mol. The minimum Gasteiger partial charge on any atom is -0.435 e. The molecule has 0 unspecified atom stereocenters. The zero-order valence-electron chi connectivity index (χ0n) is 12.0. The van der Waals surface area contributed by atoms with Crippen molar-refractivity contribution in [2.24, 2.45) is 0 Å². The van der Waals surface area contributed by atoms with Gasteiger partial charge in [-0.3, -0.25) is 4.79 Å². The largest absolute Gasteiger partial charge is 0.435 e. The van der Waals surface area contributed by atoms with Gasteiger partial charge in [-0.1, -0.05) is 0 Å². The van der Waals surface area contributed by atoms with E-state index in [9.17, 15) is 26.7 Å². The number of hydrogen-bond donors (Lipinski definition) is 1. The molecule has 0 fully saturated rings. The number of fused-ring (bicyclic) bond motifs is 1. The molecule has 0 spiro atoms. The predicted octanol–water partition coefficient (Wildman–Crippen LogP) is 3.52. The highest BCUT2D eigenvalue weighted by atomic mass is 19.4. The molecule has 0 aliphatic rings. The number of benzene rings is 1. The van der Waals surface area contributed by atoms with Crippen LogP contribution in [0.15, 0.2) is 18.2 Å². The van der Waals surface area contributed by atoms with Gasteiger partial charge in [0.05, 0.1) is 11.1 Å². The summed E-state index contributed by atoms with van der Waals surface area (Å²) >= 11 is 0. The third-order valence-corrected chi connectivity index (χ3v) is 3.08. The van der Waals surface area contributed by atoms with Crippen LogP contribution < -0.4 is 10.1 Å². The van der Waals surface area contributed by atoms with Crippen LogP contribution in [0.5, 0.6) is 5.75 Å². The summed E-state index contributed by atoms with van der Waals surface area (Å²) in [6.07, 6.45) is -4.85. The van der Waals surface area contributed by atoms with Gasteiger partial charge in [-0.25, -0.2) is 4.98 Å². The van der Waals surface area contributed by atoms with Gasteiger partial charge in [-0.2, -0.15) is 22.0 Å². The molecule has 23 heavy (non-hydrogen) atoms. The van der Waals surface area contributed by atoms with Crippen LogP contribution in [-0.2, 0) is 6.18 Å². The number of carbonyl (C=O) groups excluding carboxylic acids is 1. The van der Waals surface area contributed by atoms with Crippen molar-refractivity contribution in [1.82, 2.24) is 10.3 Å². The highest BCUT2D eigenvalue weighted by Gasteiger charge is 2.35. The topological polar surface area (TPSA) is 51.2 Å². The number of aryl methyl sites for hydroxylation is 1. The molecule has 0 saturated heterocycles. The second kappa shape index (κ2) is 5.98. The van der Waals surface area contributed by atoms with Crippen LogP contribution >= 0.6 is 0 Å². The lowest BCUT2D eigenvalue weighted by atomic mass is 10.0. The van der Waals surface area contributed by atoms with Crippen molar-refractivity contribution >= 4 is 16.8 Å². The Morgan fingerprint density at radius 1 is 1.26 bits per heavy atom. The van der Waals surface area contributed by atoms with Crippen molar-refractivity contribution in [2.45, 2.75) is 19.7 Å². The lowest BCUT2D eigenvalue weighted by Crippen LogP contribution is -2.20. The molecular formula is C14H11F5N2O2. The first kappa shape index (κ1) is 16.9. The first-order chi connectivity index (χ1) is 10.6. The second-order valence-electron chi connectivity index (χ2n) is 4.65. The van der Waals surface area contributed by atoms with E-state index in [1.807, 2.05) is 0 Å². The minimum atomic E-state index is -4.85. The number of halogens is 5. The standard InChI is InChI=1S/C14H11F5N2O2/c1-6-3-10(12(22)20-2)21-11-8(6)4-7(23-13(15)16)5-9(11)14(17,18)19/h3-5,13H,1-2H3,(H,20,22). The van der Waals surface area contributed by atoms with Gasteiger partial charge in [-0.15, -0.1) is 0 Å².